The molecule has 2 aromatic heterocycles. The van der Waals surface area contributed by atoms with Gasteiger partial charge in [-0.15, -0.1) is 0 Å². The first-order valence-electron chi connectivity index (χ1n) is 5.98. The molecule has 0 spiro atoms. The van der Waals surface area contributed by atoms with E-state index >= 15 is 0 Å². The summed E-state index contributed by atoms with van der Waals surface area (Å²) >= 11 is 0. The number of nitrogens with one attached hydrogen (secondary N) is 2. The summed E-state index contributed by atoms with van der Waals surface area (Å²) < 4.78 is 0. The van der Waals surface area contributed by atoms with Crippen molar-refractivity contribution >= 4 is 34.2 Å². The largest absolute Gasteiger partial charge is 0.368 e. The van der Waals surface area contributed by atoms with Crippen LogP contribution in [0, 0.1) is 0 Å². The van der Waals surface area contributed by atoms with Crippen LogP contribution in [0.1, 0.15) is 0 Å². The minimum atomic E-state index is 0.135. The molecule has 0 aliphatic carbocycles. The van der Waals surface area contributed by atoms with E-state index in [1.165, 1.54) is 0 Å². The van der Waals surface area contributed by atoms with Crippen LogP contribution < -0.4 is 22.3 Å². The van der Waals surface area contributed by atoms with E-state index in [4.69, 9.17) is 11.6 Å². The summed E-state index contributed by atoms with van der Waals surface area (Å²) in [5, 5.41) is 4.21. The highest BCUT2D eigenvalue weighted by Crippen LogP contribution is 2.24. The van der Waals surface area contributed by atoms with Crippen molar-refractivity contribution in [1.82, 2.24) is 15.0 Å². The van der Waals surface area contributed by atoms with Crippen molar-refractivity contribution < 1.29 is 0 Å². The average Bonchev–Trinajstić information content (AvgIpc) is 2.47. The highest BCUT2D eigenvalue weighted by Gasteiger charge is 2.05. The number of nitrogens with two attached hydrogens (primary N) is 2. The number of hydrazine groups is 1. The number of fused-ring (bicyclic) bond motifs is 1. The molecule has 0 saturated carbocycles. The van der Waals surface area contributed by atoms with Crippen LogP contribution in [0.2, 0.25) is 0 Å². The molecule has 0 atom stereocenters. The maximum Gasteiger partial charge on any atom is 0.223 e. The molecule has 1 aromatic carbocycles. The molecule has 7 nitrogen and oxygen atoms in total. The zero-order chi connectivity index (χ0) is 13.9. The molecule has 0 aliphatic rings. The van der Waals surface area contributed by atoms with Gasteiger partial charge in [-0.2, -0.15) is 9.97 Å². The van der Waals surface area contributed by atoms with E-state index in [-0.39, 0.29) is 5.95 Å². The highest BCUT2D eigenvalue weighted by atomic mass is 15.3. The Balaban J connectivity index is 2.03. The number of nitrogens with zero attached hydrogens (tertiary/aromatic N) is 3. The van der Waals surface area contributed by atoms with Crippen molar-refractivity contribution in [3.63, 3.8) is 0 Å². The van der Waals surface area contributed by atoms with Gasteiger partial charge in [0.15, 0.2) is 0 Å². The molecule has 3 rings (SSSR count). The van der Waals surface area contributed by atoms with Crippen molar-refractivity contribution in [3.8, 4) is 0 Å². The Morgan fingerprint density at radius 1 is 1.00 bits per heavy atom. The summed E-state index contributed by atoms with van der Waals surface area (Å²) in [6.45, 7) is 0. The molecule has 100 valence electrons. The fourth-order valence-electron chi connectivity index (χ4n) is 1.95. The first kappa shape index (κ1) is 12.1. The number of hydrogen-bond acceptors (Lipinski definition) is 7. The monoisotopic (exact) mass is 267 g/mol. The summed E-state index contributed by atoms with van der Waals surface area (Å²) in [6.07, 6.45) is 1.74. The van der Waals surface area contributed by atoms with E-state index in [1.54, 1.807) is 12.3 Å². The third-order valence-corrected chi connectivity index (χ3v) is 2.79. The molecule has 20 heavy (non-hydrogen) atoms. The molecule has 7 heteroatoms. The zero-order valence-corrected chi connectivity index (χ0v) is 10.5. The average molecular weight is 267 g/mol. The Labute approximate surface area is 115 Å². The summed E-state index contributed by atoms with van der Waals surface area (Å²) in [6, 6.07) is 11.4. The topological polar surface area (TPSA) is 115 Å². The summed E-state index contributed by atoms with van der Waals surface area (Å²) in [4.78, 5) is 12.4. The van der Waals surface area contributed by atoms with Crippen LogP contribution in [0.15, 0.2) is 42.6 Å². The predicted octanol–water partition coefficient (Wildman–Crippen LogP) is 1.64. The normalized spacial score (nSPS) is 10.4. The molecule has 3 aromatic rings. The number of pyridine rings is 1. The van der Waals surface area contributed by atoms with Gasteiger partial charge in [-0.3, -0.25) is 4.98 Å². The predicted molar refractivity (Wildman–Crippen MR) is 79.3 cm³/mol. The summed E-state index contributed by atoms with van der Waals surface area (Å²) in [7, 11) is 0. The van der Waals surface area contributed by atoms with Gasteiger partial charge in [-0.05, 0) is 12.1 Å². The zero-order valence-electron chi connectivity index (χ0n) is 10.5. The van der Waals surface area contributed by atoms with E-state index < -0.39 is 0 Å². The second-order valence-corrected chi connectivity index (χ2v) is 4.15. The molecule has 0 unspecified atom stereocenters. The van der Waals surface area contributed by atoms with E-state index in [9.17, 15) is 0 Å². The Morgan fingerprint density at radius 3 is 2.65 bits per heavy atom. The van der Waals surface area contributed by atoms with Crippen LogP contribution in [0.3, 0.4) is 0 Å². The van der Waals surface area contributed by atoms with Crippen molar-refractivity contribution in [3.05, 3.63) is 42.6 Å². The lowest BCUT2D eigenvalue weighted by Gasteiger charge is -2.09. The van der Waals surface area contributed by atoms with Crippen molar-refractivity contribution in [2.24, 2.45) is 5.84 Å². The Hall–Kier alpha value is -2.93. The van der Waals surface area contributed by atoms with E-state index in [2.05, 4.69) is 25.7 Å². The third-order valence-electron chi connectivity index (χ3n) is 2.79. The Bertz CT molecular complexity index is 751. The molecule has 0 radical (unpaired) electrons. The molecular formula is C13H13N7. The van der Waals surface area contributed by atoms with Crippen LogP contribution in [0.25, 0.3) is 10.9 Å². The van der Waals surface area contributed by atoms with Gasteiger partial charge < -0.3 is 16.5 Å². The van der Waals surface area contributed by atoms with E-state index in [0.29, 0.717) is 11.6 Å². The molecule has 2 heterocycles. The Morgan fingerprint density at radius 2 is 1.80 bits per heavy atom. The third kappa shape index (κ3) is 2.29. The number of benzene rings is 1. The van der Waals surface area contributed by atoms with Gasteiger partial charge in [0, 0.05) is 17.6 Å². The van der Waals surface area contributed by atoms with Crippen molar-refractivity contribution in [2.75, 3.05) is 16.5 Å². The summed E-state index contributed by atoms with van der Waals surface area (Å²) in [5.74, 6) is 6.45. The lowest BCUT2D eigenvalue weighted by atomic mass is 10.2. The number of aromatic nitrogens is 3. The summed E-state index contributed by atoms with van der Waals surface area (Å²) in [5.41, 5.74) is 9.77. The molecule has 6 N–H and O–H groups in total. The minimum absolute atomic E-state index is 0.135. The highest BCUT2D eigenvalue weighted by molar-refractivity contribution is 5.91. The van der Waals surface area contributed by atoms with Gasteiger partial charge >= 0.3 is 0 Å². The van der Waals surface area contributed by atoms with Crippen molar-refractivity contribution in [1.29, 1.82) is 0 Å². The van der Waals surface area contributed by atoms with E-state index in [1.807, 2.05) is 30.3 Å². The van der Waals surface area contributed by atoms with Crippen LogP contribution in [0.5, 0.6) is 0 Å². The number of hydrogen-bond donors (Lipinski definition) is 4. The van der Waals surface area contributed by atoms with Crippen LogP contribution in [0.4, 0.5) is 23.3 Å². The SMILES string of the molecule is NNc1cc(Nc2cccc3cccnc23)nc(N)n1. The lowest BCUT2D eigenvalue weighted by molar-refractivity contribution is 1.15. The van der Waals surface area contributed by atoms with Gasteiger partial charge in [-0.25, -0.2) is 5.84 Å². The van der Waals surface area contributed by atoms with Crippen molar-refractivity contribution in [2.45, 2.75) is 0 Å². The number of anilines is 4. The van der Waals surface area contributed by atoms with Crippen LogP contribution in [-0.4, -0.2) is 15.0 Å². The Kier molecular flexibility index (Phi) is 3.02. The van der Waals surface area contributed by atoms with Gasteiger partial charge in [0.1, 0.15) is 11.6 Å². The number of rotatable bonds is 3. The minimum Gasteiger partial charge on any atom is -0.368 e. The quantitative estimate of drug-likeness (QED) is 0.421. The number of nitrogen functional groups attached to an aromatic ring is 2. The maximum atomic E-state index is 5.63. The fraction of sp³-hybridized carbons (Fsp3) is 0. The number of para-hydroxylation sites is 1. The molecule has 0 fully saturated rings. The van der Waals surface area contributed by atoms with Gasteiger partial charge in [-0.1, -0.05) is 18.2 Å². The standard InChI is InChI=1S/C13H13N7/c14-13-18-10(7-11(19-13)20-15)17-9-5-1-3-8-4-2-6-16-12(8)9/h1-7H,15H2,(H4,14,17,18,19,20). The smallest absolute Gasteiger partial charge is 0.223 e. The van der Waals surface area contributed by atoms with Gasteiger partial charge in [0.25, 0.3) is 0 Å². The first-order chi connectivity index (χ1) is 9.76. The van der Waals surface area contributed by atoms with E-state index in [0.717, 1.165) is 16.6 Å². The second kappa shape index (κ2) is 4.98. The molecule has 0 aliphatic heterocycles. The van der Waals surface area contributed by atoms with Crippen LogP contribution >= 0.6 is 0 Å². The van der Waals surface area contributed by atoms with Crippen LogP contribution in [-0.2, 0) is 0 Å². The fourth-order valence-corrected chi connectivity index (χ4v) is 1.95. The lowest BCUT2D eigenvalue weighted by Crippen LogP contribution is -2.11. The molecular weight excluding hydrogens is 254 g/mol. The van der Waals surface area contributed by atoms with Gasteiger partial charge in [0.05, 0.1) is 11.2 Å². The second-order valence-electron chi connectivity index (χ2n) is 4.15. The molecule has 0 saturated heterocycles. The molecule has 0 amide bonds. The first-order valence-corrected chi connectivity index (χ1v) is 5.98. The molecule has 0 bridgehead atoms. The maximum absolute atomic E-state index is 5.63. The van der Waals surface area contributed by atoms with Gasteiger partial charge in [0.2, 0.25) is 5.95 Å².